The van der Waals surface area contributed by atoms with Crippen LogP contribution in [0.4, 0.5) is 5.69 Å². The fourth-order valence-corrected chi connectivity index (χ4v) is 4.66. The normalized spacial score (nSPS) is 14.5. The Morgan fingerprint density at radius 1 is 1.03 bits per heavy atom. The zero-order valence-corrected chi connectivity index (χ0v) is 17.3. The number of hydrogen-bond donors (Lipinski definition) is 1. The number of carbonyl (C=O) groups is 1. The molecular formula is C21H26N2O5S. The largest absolute Gasteiger partial charge is 0.494 e. The number of amides is 1. The highest BCUT2D eigenvalue weighted by Crippen LogP contribution is 2.23. The lowest BCUT2D eigenvalue weighted by atomic mass is 10.3. The Morgan fingerprint density at radius 3 is 2.34 bits per heavy atom. The van der Waals surface area contributed by atoms with Crippen LogP contribution in [0.3, 0.4) is 0 Å². The lowest BCUT2D eigenvalue weighted by molar-refractivity contribution is -0.116. The van der Waals surface area contributed by atoms with Crippen molar-refractivity contribution in [2.45, 2.75) is 31.1 Å². The summed E-state index contributed by atoms with van der Waals surface area (Å²) in [6.45, 7) is 3.82. The Morgan fingerprint density at radius 2 is 1.69 bits per heavy atom. The second-order valence-corrected chi connectivity index (χ2v) is 8.63. The number of nitrogens with zero attached hydrogens (tertiary/aromatic N) is 1. The van der Waals surface area contributed by atoms with Crippen LogP contribution in [-0.2, 0) is 14.8 Å². The zero-order valence-electron chi connectivity index (χ0n) is 16.5. The van der Waals surface area contributed by atoms with E-state index in [2.05, 4.69) is 5.32 Å². The van der Waals surface area contributed by atoms with E-state index in [1.807, 2.05) is 19.1 Å². The van der Waals surface area contributed by atoms with Gasteiger partial charge in [-0.25, -0.2) is 8.42 Å². The highest BCUT2D eigenvalue weighted by molar-refractivity contribution is 7.89. The fourth-order valence-electron chi connectivity index (χ4n) is 3.10. The van der Waals surface area contributed by atoms with Crippen molar-refractivity contribution in [1.29, 1.82) is 0 Å². The van der Waals surface area contributed by atoms with Gasteiger partial charge in [0.05, 0.1) is 24.5 Å². The first-order chi connectivity index (χ1) is 14.0. The minimum atomic E-state index is -3.51. The molecule has 0 atom stereocenters. The minimum Gasteiger partial charge on any atom is -0.494 e. The Bertz CT molecular complexity index is 922. The highest BCUT2D eigenvalue weighted by atomic mass is 32.2. The summed E-state index contributed by atoms with van der Waals surface area (Å²) in [6.07, 6.45) is 1.91. The van der Waals surface area contributed by atoms with Crippen LogP contribution in [-0.4, -0.2) is 44.9 Å². The number of benzene rings is 2. The summed E-state index contributed by atoms with van der Waals surface area (Å²) in [5, 5.41) is 2.74. The van der Waals surface area contributed by atoms with Gasteiger partial charge in [-0.2, -0.15) is 4.31 Å². The van der Waals surface area contributed by atoms with Gasteiger partial charge in [-0.1, -0.05) is 6.07 Å². The Hall–Kier alpha value is -2.58. The van der Waals surface area contributed by atoms with Crippen molar-refractivity contribution in [2.24, 2.45) is 0 Å². The van der Waals surface area contributed by atoms with Gasteiger partial charge in [0.15, 0.2) is 0 Å². The summed E-state index contributed by atoms with van der Waals surface area (Å²) in [6, 6.07) is 13.6. The first-order valence-electron chi connectivity index (χ1n) is 9.75. The Labute approximate surface area is 171 Å². The summed E-state index contributed by atoms with van der Waals surface area (Å²) >= 11 is 0. The van der Waals surface area contributed by atoms with E-state index >= 15 is 0 Å². The first kappa shape index (κ1) is 21.1. The fraction of sp³-hybridized carbons (Fsp3) is 0.381. The minimum absolute atomic E-state index is 0.149. The summed E-state index contributed by atoms with van der Waals surface area (Å²) in [5.74, 6) is 1.17. The second-order valence-electron chi connectivity index (χ2n) is 6.69. The topological polar surface area (TPSA) is 84.9 Å². The predicted octanol–water partition coefficient (Wildman–Crippen LogP) is 3.28. The number of hydrogen-bond acceptors (Lipinski definition) is 5. The lowest BCUT2D eigenvalue weighted by Gasteiger charge is -2.16. The molecule has 0 saturated carbocycles. The maximum atomic E-state index is 12.7. The van der Waals surface area contributed by atoms with E-state index in [-0.39, 0.29) is 23.8 Å². The van der Waals surface area contributed by atoms with Gasteiger partial charge in [-0.15, -0.1) is 0 Å². The number of nitrogens with one attached hydrogen (secondary N) is 1. The van der Waals surface area contributed by atoms with Crippen molar-refractivity contribution in [3.63, 3.8) is 0 Å². The molecule has 0 spiro atoms. The number of ether oxygens (including phenoxy) is 2. The molecule has 0 radical (unpaired) electrons. The van der Waals surface area contributed by atoms with Crippen molar-refractivity contribution < 1.29 is 22.7 Å². The number of sulfonamides is 1. The molecule has 1 aliphatic rings. The molecule has 2 aromatic rings. The van der Waals surface area contributed by atoms with E-state index in [4.69, 9.17) is 9.47 Å². The van der Waals surface area contributed by atoms with Gasteiger partial charge in [0, 0.05) is 18.8 Å². The van der Waals surface area contributed by atoms with Crippen molar-refractivity contribution in [1.82, 2.24) is 4.31 Å². The van der Waals surface area contributed by atoms with Gasteiger partial charge in [-0.3, -0.25) is 4.79 Å². The molecule has 7 nitrogen and oxygen atoms in total. The number of rotatable bonds is 9. The summed E-state index contributed by atoms with van der Waals surface area (Å²) in [4.78, 5) is 12.4. The molecule has 0 aromatic heterocycles. The maximum Gasteiger partial charge on any atom is 0.243 e. The monoisotopic (exact) mass is 418 g/mol. The van der Waals surface area contributed by atoms with Crippen LogP contribution in [0.1, 0.15) is 26.2 Å². The third-order valence-electron chi connectivity index (χ3n) is 4.55. The standard InChI is InChI=1S/C21H26N2O5S/c1-2-27-18-8-10-19(11-9-18)28-15-12-21(24)22-17-6-5-7-20(16-17)29(25,26)23-13-3-4-14-23/h5-11,16H,2-4,12-15H2,1H3,(H,22,24). The average molecular weight is 419 g/mol. The predicted molar refractivity (Wildman–Crippen MR) is 111 cm³/mol. The van der Waals surface area contributed by atoms with Gasteiger partial charge in [-0.05, 0) is 62.2 Å². The molecule has 1 fully saturated rings. The first-order valence-corrected chi connectivity index (χ1v) is 11.2. The van der Waals surface area contributed by atoms with Crippen LogP contribution in [0.5, 0.6) is 11.5 Å². The van der Waals surface area contributed by atoms with Crippen LogP contribution in [0.2, 0.25) is 0 Å². The number of carbonyl (C=O) groups excluding carboxylic acids is 1. The van der Waals surface area contributed by atoms with Crippen molar-refractivity contribution >= 4 is 21.6 Å². The third-order valence-corrected chi connectivity index (χ3v) is 6.45. The molecule has 3 rings (SSSR count). The van der Waals surface area contributed by atoms with Gasteiger partial charge in [0.1, 0.15) is 11.5 Å². The molecule has 1 amide bonds. The van der Waals surface area contributed by atoms with E-state index in [1.54, 1.807) is 30.3 Å². The Kier molecular flexibility index (Phi) is 7.11. The van der Waals surface area contributed by atoms with Crippen molar-refractivity contribution in [3.05, 3.63) is 48.5 Å². The highest BCUT2D eigenvalue weighted by Gasteiger charge is 2.27. The van der Waals surface area contributed by atoms with Gasteiger partial charge in [0.2, 0.25) is 15.9 Å². The van der Waals surface area contributed by atoms with E-state index < -0.39 is 10.0 Å². The van der Waals surface area contributed by atoms with E-state index in [1.165, 1.54) is 10.4 Å². The summed E-state index contributed by atoms with van der Waals surface area (Å²) in [7, 11) is -3.51. The molecule has 1 aliphatic heterocycles. The smallest absolute Gasteiger partial charge is 0.243 e. The molecule has 0 unspecified atom stereocenters. The van der Waals surface area contributed by atoms with E-state index in [0.717, 1.165) is 18.6 Å². The van der Waals surface area contributed by atoms with Gasteiger partial charge >= 0.3 is 0 Å². The molecule has 29 heavy (non-hydrogen) atoms. The molecule has 8 heteroatoms. The van der Waals surface area contributed by atoms with Crippen LogP contribution < -0.4 is 14.8 Å². The quantitative estimate of drug-likeness (QED) is 0.676. The van der Waals surface area contributed by atoms with Crippen molar-refractivity contribution in [3.8, 4) is 11.5 Å². The molecule has 156 valence electrons. The molecular weight excluding hydrogens is 392 g/mol. The molecule has 0 aliphatic carbocycles. The third kappa shape index (κ3) is 5.71. The van der Waals surface area contributed by atoms with Gasteiger partial charge < -0.3 is 14.8 Å². The summed E-state index contributed by atoms with van der Waals surface area (Å²) < 4.78 is 37.7. The molecule has 1 heterocycles. The van der Waals surface area contributed by atoms with Crippen LogP contribution in [0, 0.1) is 0 Å². The maximum absolute atomic E-state index is 12.7. The zero-order chi connectivity index (χ0) is 20.7. The number of anilines is 1. The van der Waals surface area contributed by atoms with E-state index in [9.17, 15) is 13.2 Å². The van der Waals surface area contributed by atoms with Crippen LogP contribution in [0.25, 0.3) is 0 Å². The van der Waals surface area contributed by atoms with Crippen LogP contribution in [0.15, 0.2) is 53.4 Å². The molecule has 0 bridgehead atoms. The molecule has 2 aromatic carbocycles. The second kappa shape index (κ2) is 9.76. The lowest BCUT2D eigenvalue weighted by Crippen LogP contribution is -2.28. The van der Waals surface area contributed by atoms with Gasteiger partial charge in [0.25, 0.3) is 0 Å². The summed E-state index contributed by atoms with van der Waals surface area (Å²) in [5.41, 5.74) is 0.455. The molecule has 1 saturated heterocycles. The average Bonchev–Trinajstić information content (AvgIpc) is 3.25. The van der Waals surface area contributed by atoms with Crippen molar-refractivity contribution in [2.75, 3.05) is 31.6 Å². The Balaban J connectivity index is 1.51. The van der Waals surface area contributed by atoms with Crippen LogP contribution >= 0.6 is 0 Å². The van der Waals surface area contributed by atoms with E-state index in [0.29, 0.717) is 31.1 Å². The molecule has 1 N–H and O–H groups in total. The SMILES string of the molecule is CCOc1ccc(OCCC(=O)Nc2cccc(S(=O)(=O)N3CCCC3)c2)cc1.